The highest BCUT2D eigenvalue weighted by Gasteiger charge is 2.19. The van der Waals surface area contributed by atoms with E-state index >= 15 is 0 Å². The van der Waals surface area contributed by atoms with Crippen molar-refractivity contribution < 1.29 is 8.42 Å². The Labute approximate surface area is 130 Å². The molecule has 2 aromatic carbocycles. The van der Waals surface area contributed by atoms with Crippen LogP contribution in [0.25, 0.3) is 0 Å². The van der Waals surface area contributed by atoms with E-state index in [4.69, 9.17) is 17.3 Å². The molecule has 6 heteroatoms. The topological polar surface area (TPSA) is 72.2 Å². The molecule has 3 N–H and O–H groups in total. The van der Waals surface area contributed by atoms with Gasteiger partial charge in [-0.2, -0.15) is 0 Å². The van der Waals surface area contributed by atoms with Gasteiger partial charge < -0.3 is 5.73 Å². The van der Waals surface area contributed by atoms with Gasteiger partial charge in [0, 0.05) is 10.7 Å². The molecule has 0 heterocycles. The SMILES string of the molecule is Cc1ccc(Cl)cc1S(=O)(=O)Nc1ccc(C)c(N)c1C. The number of nitrogens with two attached hydrogens (primary N) is 1. The average molecular weight is 325 g/mol. The highest BCUT2D eigenvalue weighted by Crippen LogP contribution is 2.28. The lowest BCUT2D eigenvalue weighted by Crippen LogP contribution is -2.15. The van der Waals surface area contributed by atoms with Crippen LogP contribution in [0.4, 0.5) is 11.4 Å². The molecular weight excluding hydrogens is 308 g/mol. The molecule has 2 aromatic rings. The number of aryl methyl sites for hydroxylation is 2. The second kappa shape index (κ2) is 5.58. The number of halogens is 1. The van der Waals surface area contributed by atoms with Crippen LogP contribution in [0.1, 0.15) is 16.7 Å². The minimum absolute atomic E-state index is 0.161. The lowest BCUT2D eigenvalue weighted by atomic mass is 10.1. The summed E-state index contributed by atoms with van der Waals surface area (Å²) in [5.74, 6) is 0. The summed E-state index contributed by atoms with van der Waals surface area (Å²) >= 11 is 5.89. The highest BCUT2D eigenvalue weighted by molar-refractivity contribution is 7.92. The maximum Gasteiger partial charge on any atom is 0.262 e. The second-order valence-electron chi connectivity index (χ2n) is 4.98. The molecule has 112 valence electrons. The van der Waals surface area contributed by atoms with Crippen LogP contribution in [0.2, 0.25) is 5.02 Å². The number of hydrogen-bond acceptors (Lipinski definition) is 3. The van der Waals surface area contributed by atoms with Gasteiger partial charge in [0.2, 0.25) is 0 Å². The molecule has 0 saturated heterocycles. The number of nitrogens with one attached hydrogen (secondary N) is 1. The van der Waals surface area contributed by atoms with E-state index in [1.54, 1.807) is 38.1 Å². The fourth-order valence-corrected chi connectivity index (χ4v) is 3.67. The monoisotopic (exact) mass is 324 g/mol. The molecule has 0 aliphatic carbocycles. The van der Waals surface area contributed by atoms with Crippen molar-refractivity contribution >= 4 is 33.0 Å². The van der Waals surface area contributed by atoms with Gasteiger partial charge in [0.05, 0.1) is 10.6 Å². The molecule has 0 radical (unpaired) electrons. The molecule has 4 nitrogen and oxygen atoms in total. The molecule has 0 amide bonds. The second-order valence-corrected chi connectivity index (χ2v) is 7.07. The molecule has 0 spiro atoms. The first-order valence-electron chi connectivity index (χ1n) is 6.37. The predicted molar refractivity (Wildman–Crippen MR) is 87.3 cm³/mol. The molecular formula is C15H17ClN2O2S. The van der Waals surface area contributed by atoms with Crippen LogP contribution in [0.5, 0.6) is 0 Å². The van der Waals surface area contributed by atoms with Crippen molar-refractivity contribution in [3.8, 4) is 0 Å². The number of rotatable bonds is 3. The van der Waals surface area contributed by atoms with Gasteiger partial charge in [0.15, 0.2) is 0 Å². The minimum atomic E-state index is -3.71. The van der Waals surface area contributed by atoms with Crippen molar-refractivity contribution in [2.75, 3.05) is 10.5 Å². The van der Waals surface area contributed by atoms with Crippen molar-refractivity contribution in [2.24, 2.45) is 0 Å². The van der Waals surface area contributed by atoms with E-state index < -0.39 is 10.0 Å². The van der Waals surface area contributed by atoms with Crippen LogP contribution in [0.15, 0.2) is 35.2 Å². The van der Waals surface area contributed by atoms with Crippen LogP contribution in [-0.2, 0) is 10.0 Å². The van der Waals surface area contributed by atoms with Gasteiger partial charge in [0.25, 0.3) is 10.0 Å². The molecule has 0 aromatic heterocycles. The fourth-order valence-electron chi connectivity index (χ4n) is 2.04. The van der Waals surface area contributed by atoms with E-state index in [1.165, 1.54) is 6.07 Å². The highest BCUT2D eigenvalue weighted by atomic mass is 35.5. The van der Waals surface area contributed by atoms with E-state index in [9.17, 15) is 8.42 Å². The van der Waals surface area contributed by atoms with Crippen molar-refractivity contribution in [1.29, 1.82) is 0 Å². The maximum absolute atomic E-state index is 12.5. The van der Waals surface area contributed by atoms with Gasteiger partial charge in [-0.25, -0.2) is 8.42 Å². The van der Waals surface area contributed by atoms with Crippen LogP contribution < -0.4 is 10.5 Å². The predicted octanol–water partition coefficient (Wildman–Crippen LogP) is 3.65. The third-order valence-electron chi connectivity index (χ3n) is 3.42. The Morgan fingerprint density at radius 3 is 2.33 bits per heavy atom. The van der Waals surface area contributed by atoms with E-state index in [0.29, 0.717) is 27.5 Å². The van der Waals surface area contributed by atoms with Crippen molar-refractivity contribution in [2.45, 2.75) is 25.7 Å². The van der Waals surface area contributed by atoms with Crippen LogP contribution in [-0.4, -0.2) is 8.42 Å². The summed E-state index contributed by atoms with van der Waals surface area (Å²) in [5, 5.41) is 0.376. The Morgan fingerprint density at radius 1 is 1.05 bits per heavy atom. The van der Waals surface area contributed by atoms with Gasteiger partial charge in [0.1, 0.15) is 0 Å². The Morgan fingerprint density at radius 2 is 1.67 bits per heavy atom. The quantitative estimate of drug-likeness (QED) is 0.846. The molecule has 2 rings (SSSR count). The van der Waals surface area contributed by atoms with Gasteiger partial charge in [-0.05, 0) is 55.7 Å². The van der Waals surface area contributed by atoms with Crippen molar-refractivity contribution in [3.63, 3.8) is 0 Å². The molecule has 21 heavy (non-hydrogen) atoms. The number of anilines is 2. The smallest absolute Gasteiger partial charge is 0.262 e. The molecule has 0 unspecified atom stereocenters. The zero-order chi connectivity index (χ0) is 15.8. The first-order valence-corrected chi connectivity index (χ1v) is 8.23. The largest absolute Gasteiger partial charge is 0.398 e. The lowest BCUT2D eigenvalue weighted by Gasteiger charge is -2.15. The number of benzene rings is 2. The first-order chi connectivity index (χ1) is 9.72. The zero-order valence-corrected chi connectivity index (χ0v) is 13.6. The zero-order valence-electron chi connectivity index (χ0n) is 12.1. The van der Waals surface area contributed by atoms with E-state index in [2.05, 4.69) is 4.72 Å². The summed E-state index contributed by atoms with van der Waals surface area (Å²) in [5.41, 5.74) is 9.24. The molecule has 0 fully saturated rings. The normalized spacial score (nSPS) is 11.4. The number of hydrogen-bond donors (Lipinski definition) is 2. The van der Waals surface area contributed by atoms with Crippen LogP contribution >= 0.6 is 11.6 Å². The van der Waals surface area contributed by atoms with Gasteiger partial charge in [-0.1, -0.05) is 23.7 Å². The summed E-state index contributed by atoms with van der Waals surface area (Å²) in [6.07, 6.45) is 0. The summed E-state index contributed by atoms with van der Waals surface area (Å²) in [6, 6.07) is 8.26. The van der Waals surface area contributed by atoms with Gasteiger partial charge >= 0.3 is 0 Å². The molecule has 0 saturated carbocycles. The van der Waals surface area contributed by atoms with E-state index in [1.807, 2.05) is 6.92 Å². The van der Waals surface area contributed by atoms with Crippen LogP contribution in [0.3, 0.4) is 0 Å². The van der Waals surface area contributed by atoms with E-state index in [-0.39, 0.29) is 4.90 Å². The third kappa shape index (κ3) is 3.14. The Balaban J connectivity index is 2.47. The minimum Gasteiger partial charge on any atom is -0.398 e. The third-order valence-corrected chi connectivity index (χ3v) is 5.16. The Hall–Kier alpha value is -1.72. The molecule has 0 aliphatic heterocycles. The Bertz CT molecular complexity index is 802. The first kappa shape index (κ1) is 15.7. The Kier molecular flexibility index (Phi) is 4.16. The lowest BCUT2D eigenvalue weighted by molar-refractivity contribution is 0.600. The number of nitrogen functional groups attached to an aromatic ring is 1. The molecule has 0 aliphatic rings. The number of sulfonamides is 1. The van der Waals surface area contributed by atoms with Crippen molar-refractivity contribution in [1.82, 2.24) is 0 Å². The summed E-state index contributed by atoms with van der Waals surface area (Å²) in [7, 11) is -3.71. The van der Waals surface area contributed by atoms with Gasteiger partial charge in [-0.15, -0.1) is 0 Å². The molecule has 0 bridgehead atoms. The standard InChI is InChI=1S/C15H17ClN2O2S/c1-9-4-6-12(16)8-14(9)21(19,20)18-13-7-5-10(2)15(17)11(13)3/h4-8,18H,17H2,1-3H3. The summed E-state index contributed by atoms with van der Waals surface area (Å²) < 4.78 is 27.6. The average Bonchev–Trinajstić information content (AvgIpc) is 2.42. The van der Waals surface area contributed by atoms with E-state index in [0.717, 1.165) is 5.56 Å². The maximum atomic E-state index is 12.5. The summed E-state index contributed by atoms with van der Waals surface area (Å²) in [6.45, 7) is 5.38. The fraction of sp³-hybridized carbons (Fsp3) is 0.200. The van der Waals surface area contributed by atoms with Crippen LogP contribution in [0, 0.1) is 20.8 Å². The molecule has 0 atom stereocenters. The van der Waals surface area contributed by atoms with Gasteiger partial charge in [-0.3, -0.25) is 4.72 Å². The summed E-state index contributed by atoms with van der Waals surface area (Å²) in [4.78, 5) is 0.161. The van der Waals surface area contributed by atoms with Crippen molar-refractivity contribution in [3.05, 3.63) is 52.0 Å².